The number of nitrogens with zero attached hydrogens (tertiary/aromatic N) is 4. The summed E-state index contributed by atoms with van der Waals surface area (Å²) in [4.78, 5) is 7.28. The summed E-state index contributed by atoms with van der Waals surface area (Å²) in [6.45, 7) is 6.64. The highest BCUT2D eigenvalue weighted by Gasteiger charge is 2.26. The highest BCUT2D eigenvalue weighted by Crippen LogP contribution is 2.40. The molecule has 0 saturated heterocycles. The Balaban J connectivity index is 1.39. The maximum Gasteiger partial charge on any atom is 0.247 e. The molecule has 0 radical (unpaired) electrons. The first kappa shape index (κ1) is 27.3. The second-order valence-electron chi connectivity index (χ2n) is 9.64. The van der Waals surface area contributed by atoms with Gasteiger partial charge in [0.05, 0.1) is 0 Å². The van der Waals surface area contributed by atoms with E-state index in [0.29, 0.717) is 22.5 Å². The normalized spacial score (nSPS) is 14.0. The molecule has 3 aromatic carbocycles. The van der Waals surface area contributed by atoms with Crippen LogP contribution in [0.25, 0.3) is 11.3 Å². The second kappa shape index (κ2) is 13.2. The molecule has 0 spiro atoms. The standard InChI is InChI=1S/C31H34ClN5OS/c1-3-5-19-37(20-6-4-2)25-17-13-23(14-18-25)29-33-27-10-8-7-9-26(27)28-30(38-29)34-31(36-35-28)39-21-22-11-15-24(32)16-12-22/h7-18,29,33H,3-6,19-21H2,1-2H3. The number of hydrogen-bond donors (Lipinski definition) is 1. The van der Waals surface area contributed by atoms with E-state index in [-0.39, 0.29) is 0 Å². The second-order valence-corrected chi connectivity index (χ2v) is 11.0. The third-order valence-corrected chi connectivity index (χ3v) is 7.90. The van der Waals surface area contributed by atoms with Crippen LogP contribution in [-0.2, 0) is 5.75 Å². The molecule has 0 fully saturated rings. The largest absolute Gasteiger partial charge is 0.448 e. The lowest BCUT2D eigenvalue weighted by atomic mass is 10.1. The monoisotopic (exact) mass is 559 g/mol. The minimum absolute atomic E-state index is 0.410. The van der Waals surface area contributed by atoms with Gasteiger partial charge in [0.25, 0.3) is 0 Å². The van der Waals surface area contributed by atoms with Gasteiger partial charge in [0.2, 0.25) is 11.0 Å². The first-order valence-electron chi connectivity index (χ1n) is 13.6. The third-order valence-electron chi connectivity index (χ3n) is 6.74. The zero-order chi connectivity index (χ0) is 27.0. The van der Waals surface area contributed by atoms with Crippen LogP contribution in [0, 0.1) is 0 Å². The van der Waals surface area contributed by atoms with Crippen LogP contribution in [0.4, 0.5) is 11.4 Å². The van der Waals surface area contributed by atoms with Crippen LogP contribution in [0.15, 0.2) is 78.0 Å². The van der Waals surface area contributed by atoms with Gasteiger partial charge in [-0.2, -0.15) is 4.98 Å². The van der Waals surface area contributed by atoms with Crippen LogP contribution < -0.4 is 15.0 Å². The number of para-hydroxylation sites is 1. The van der Waals surface area contributed by atoms with Gasteiger partial charge in [0.15, 0.2) is 11.9 Å². The number of hydrogen-bond acceptors (Lipinski definition) is 7. The van der Waals surface area contributed by atoms with Gasteiger partial charge in [-0.05, 0) is 48.7 Å². The highest BCUT2D eigenvalue weighted by atomic mass is 35.5. The molecular formula is C31H34ClN5OS. The van der Waals surface area contributed by atoms with Gasteiger partial charge < -0.3 is 15.0 Å². The molecule has 1 aromatic heterocycles. The maximum atomic E-state index is 6.49. The number of rotatable bonds is 11. The van der Waals surface area contributed by atoms with Crippen LogP contribution in [-0.4, -0.2) is 28.3 Å². The van der Waals surface area contributed by atoms with Crippen molar-refractivity contribution in [2.45, 2.75) is 56.7 Å². The summed E-state index contributed by atoms with van der Waals surface area (Å²) in [5.41, 5.74) is 5.92. The summed E-state index contributed by atoms with van der Waals surface area (Å²) in [6.07, 6.45) is 4.35. The summed E-state index contributed by atoms with van der Waals surface area (Å²) < 4.78 is 6.49. The molecule has 1 unspecified atom stereocenters. The minimum Gasteiger partial charge on any atom is -0.448 e. The number of ether oxygens (including phenoxy) is 1. The summed E-state index contributed by atoms with van der Waals surface area (Å²) in [7, 11) is 0. The predicted octanol–water partition coefficient (Wildman–Crippen LogP) is 8.39. The van der Waals surface area contributed by atoms with Crippen molar-refractivity contribution in [1.29, 1.82) is 0 Å². The van der Waals surface area contributed by atoms with Gasteiger partial charge in [-0.15, -0.1) is 10.2 Å². The molecular weight excluding hydrogens is 526 g/mol. The summed E-state index contributed by atoms with van der Waals surface area (Å²) in [5.74, 6) is 1.19. The molecule has 4 aromatic rings. The Hall–Kier alpha value is -3.29. The fourth-order valence-corrected chi connectivity index (χ4v) is 5.38. The lowest BCUT2D eigenvalue weighted by Crippen LogP contribution is -2.25. The van der Waals surface area contributed by atoms with E-state index in [2.05, 4.69) is 58.5 Å². The average Bonchev–Trinajstić information content (AvgIpc) is 3.14. The first-order chi connectivity index (χ1) is 19.1. The van der Waals surface area contributed by atoms with Gasteiger partial charge in [-0.25, -0.2) is 0 Å². The Kier molecular flexibility index (Phi) is 9.22. The van der Waals surface area contributed by atoms with E-state index in [1.807, 2.05) is 48.5 Å². The minimum atomic E-state index is -0.410. The van der Waals surface area contributed by atoms with E-state index in [4.69, 9.17) is 21.3 Å². The van der Waals surface area contributed by atoms with E-state index < -0.39 is 6.23 Å². The number of benzene rings is 3. The number of aromatic nitrogens is 3. The Bertz CT molecular complexity index is 1360. The molecule has 2 heterocycles. The highest BCUT2D eigenvalue weighted by molar-refractivity contribution is 7.98. The Morgan fingerprint density at radius 3 is 2.33 bits per heavy atom. The molecule has 1 N–H and O–H groups in total. The van der Waals surface area contributed by atoms with Crippen LogP contribution in [0.2, 0.25) is 5.02 Å². The molecule has 1 aliphatic heterocycles. The van der Waals surface area contributed by atoms with Crippen molar-refractivity contribution in [2.75, 3.05) is 23.3 Å². The molecule has 202 valence electrons. The van der Waals surface area contributed by atoms with Crippen molar-refractivity contribution in [3.8, 4) is 17.1 Å². The number of anilines is 2. The van der Waals surface area contributed by atoms with E-state index >= 15 is 0 Å². The Morgan fingerprint density at radius 1 is 0.897 bits per heavy atom. The fourth-order valence-electron chi connectivity index (χ4n) is 4.52. The van der Waals surface area contributed by atoms with Gasteiger partial charge in [0, 0.05) is 46.4 Å². The summed E-state index contributed by atoms with van der Waals surface area (Å²) in [6, 6.07) is 24.6. The molecule has 0 bridgehead atoms. The van der Waals surface area contributed by atoms with Gasteiger partial charge in [-0.3, -0.25) is 0 Å². The molecule has 1 aliphatic rings. The SMILES string of the molecule is CCCCN(CCCC)c1ccc(C2Nc3ccccc3-c3nnc(SCc4ccc(Cl)cc4)nc3O2)cc1. The summed E-state index contributed by atoms with van der Waals surface area (Å²) in [5, 5.41) is 13.8. The predicted molar refractivity (Wildman–Crippen MR) is 162 cm³/mol. The number of halogens is 1. The fraction of sp³-hybridized carbons (Fsp3) is 0.323. The Labute approximate surface area is 240 Å². The molecule has 0 amide bonds. The molecule has 39 heavy (non-hydrogen) atoms. The zero-order valence-electron chi connectivity index (χ0n) is 22.4. The van der Waals surface area contributed by atoms with Crippen molar-refractivity contribution in [1.82, 2.24) is 15.2 Å². The first-order valence-corrected chi connectivity index (χ1v) is 15.0. The molecule has 6 nitrogen and oxygen atoms in total. The summed E-state index contributed by atoms with van der Waals surface area (Å²) >= 11 is 7.55. The molecule has 0 aliphatic carbocycles. The Morgan fingerprint density at radius 2 is 1.62 bits per heavy atom. The van der Waals surface area contributed by atoms with E-state index in [1.165, 1.54) is 43.1 Å². The van der Waals surface area contributed by atoms with Crippen molar-refractivity contribution < 1.29 is 4.74 Å². The smallest absolute Gasteiger partial charge is 0.247 e. The number of fused-ring (bicyclic) bond motifs is 3. The maximum absolute atomic E-state index is 6.49. The van der Waals surface area contributed by atoms with Gasteiger partial charge in [0.1, 0.15) is 0 Å². The molecule has 8 heteroatoms. The number of unbranched alkanes of at least 4 members (excludes halogenated alkanes) is 2. The van der Waals surface area contributed by atoms with E-state index in [9.17, 15) is 0 Å². The van der Waals surface area contributed by atoms with Crippen LogP contribution >= 0.6 is 23.4 Å². The number of thioether (sulfide) groups is 1. The topological polar surface area (TPSA) is 63.2 Å². The van der Waals surface area contributed by atoms with E-state index in [0.717, 1.165) is 40.5 Å². The van der Waals surface area contributed by atoms with Crippen molar-refractivity contribution >= 4 is 34.7 Å². The number of nitrogens with one attached hydrogen (secondary N) is 1. The van der Waals surface area contributed by atoms with E-state index in [1.54, 1.807) is 0 Å². The van der Waals surface area contributed by atoms with Gasteiger partial charge >= 0.3 is 0 Å². The lowest BCUT2D eigenvalue weighted by Gasteiger charge is -2.26. The van der Waals surface area contributed by atoms with Gasteiger partial charge in [-0.1, -0.05) is 92.5 Å². The van der Waals surface area contributed by atoms with Crippen LogP contribution in [0.5, 0.6) is 5.88 Å². The third kappa shape index (κ3) is 6.84. The molecule has 5 rings (SSSR count). The van der Waals surface area contributed by atoms with Crippen LogP contribution in [0.1, 0.15) is 56.9 Å². The quantitative estimate of drug-likeness (QED) is 0.185. The van der Waals surface area contributed by atoms with Crippen LogP contribution in [0.3, 0.4) is 0 Å². The molecule has 0 saturated carbocycles. The van der Waals surface area contributed by atoms with Crippen molar-refractivity contribution in [2.24, 2.45) is 0 Å². The lowest BCUT2D eigenvalue weighted by molar-refractivity contribution is 0.225. The average molecular weight is 560 g/mol. The zero-order valence-corrected chi connectivity index (χ0v) is 24.0. The van der Waals surface area contributed by atoms with Crippen molar-refractivity contribution in [3.05, 3.63) is 88.9 Å². The molecule has 1 atom stereocenters. The van der Waals surface area contributed by atoms with Crippen molar-refractivity contribution in [3.63, 3.8) is 0 Å².